The molecule has 0 unspecified atom stereocenters. The molecule has 2 amide bonds. The molecule has 0 atom stereocenters. The molecule has 0 radical (unpaired) electrons. The van der Waals surface area contributed by atoms with Crippen molar-refractivity contribution in [3.8, 4) is 0 Å². The number of nitrogens with zero attached hydrogens (tertiary/aromatic N) is 1. The summed E-state index contributed by atoms with van der Waals surface area (Å²) in [5.41, 5.74) is 1.48. The summed E-state index contributed by atoms with van der Waals surface area (Å²) in [4.78, 5) is 27.0. The summed E-state index contributed by atoms with van der Waals surface area (Å²) in [6, 6.07) is 16.6. The molecular formula is C22H25NO3. The van der Waals surface area contributed by atoms with Crippen LogP contribution in [0.25, 0.3) is 0 Å². The standard InChI is InChI=1S/C22H25NO3/c1-5-11-18-14-9-10-15-19(18)20(24)23(21(25)26-22(2,3)4)16-17-12-7-6-8-13-17/h5-10,12-15H,1,11,16H2,2-4H3. The molecule has 0 N–H and O–H groups in total. The first-order valence-electron chi connectivity index (χ1n) is 8.59. The fourth-order valence-corrected chi connectivity index (χ4v) is 2.51. The topological polar surface area (TPSA) is 46.6 Å². The third-order valence-electron chi connectivity index (χ3n) is 3.65. The van der Waals surface area contributed by atoms with E-state index in [-0.39, 0.29) is 12.5 Å². The van der Waals surface area contributed by atoms with Crippen LogP contribution in [0.1, 0.15) is 42.3 Å². The van der Waals surface area contributed by atoms with E-state index in [0.717, 1.165) is 16.0 Å². The Morgan fingerprint density at radius 3 is 2.27 bits per heavy atom. The second kappa shape index (κ2) is 8.48. The largest absolute Gasteiger partial charge is 0.443 e. The highest BCUT2D eigenvalue weighted by molar-refractivity contribution is 6.03. The lowest BCUT2D eigenvalue weighted by Gasteiger charge is -2.27. The lowest BCUT2D eigenvalue weighted by molar-refractivity contribution is 0.0227. The summed E-state index contributed by atoms with van der Waals surface area (Å²) in [6.07, 6.45) is 1.64. The highest BCUT2D eigenvalue weighted by Crippen LogP contribution is 2.18. The Hall–Kier alpha value is -2.88. The first kappa shape index (κ1) is 19.4. The zero-order valence-electron chi connectivity index (χ0n) is 15.6. The molecule has 0 saturated carbocycles. The van der Waals surface area contributed by atoms with Gasteiger partial charge in [-0.3, -0.25) is 4.79 Å². The van der Waals surface area contributed by atoms with Gasteiger partial charge in [0.05, 0.1) is 6.54 Å². The second-order valence-electron chi connectivity index (χ2n) is 7.01. The molecule has 0 saturated heterocycles. The quantitative estimate of drug-likeness (QED) is 0.713. The van der Waals surface area contributed by atoms with Gasteiger partial charge in [0.1, 0.15) is 5.60 Å². The maximum absolute atomic E-state index is 13.2. The smallest absolute Gasteiger partial charge is 0.417 e. The van der Waals surface area contributed by atoms with Crippen LogP contribution >= 0.6 is 0 Å². The Kier molecular flexibility index (Phi) is 6.34. The summed E-state index contributed by atoms with van der Waals surface area (Å²) in [6.45, 7) is 9.22. The molecule has 0 aliphatic carbocycles. The van der Waals surface area contributed by atoms with E-state index in [1.807, 2.05) is 42.5 Å². The number of hydrogen-bond acceptors (Lipinski definition) is 3. The summed E-state index contributed by atoms with van der Waals surface area (Å²) in [5.74, 6) is -0.374. The van der Waals surface area contributed by atoms with Crippen LogP contribution in [0.4, 0.5) is 4.79 Å². The number of hydrogen-bond donors (Lipinski definition) is 0. The molecule has 0 aliphatic heterocycles. The van der Waals surface area contributed by atoms with Gasteiger partial charge in [-0.1, -0.05) is 54.6 Å². The summed E-state index contributed by atoms with van der Waals surface area (Å²) < 4.78 is 5.46. The number of benzene rings is 2. The molecule has 0 bridgehead atoms. The van der Waals surface area contributed by atoms with Crippen LogP contribution in [0.3, 0.4) is 0 Å². The van der Waals surface area contributed by atoms with E-state index in [1.54, 1.807) is 39.0 Å². The average Bonchev–Trinajstić information content (AvgIpc) is 2.59. The van der Waals surface area contributed by atoms with E-state index >= 15 is 0 Å². The van der Waals surface area contributed by atoms with Crippen molar-refractivity contribution in [1.29, 1.82) is 0 Å². The van der Waals surface area contributed by atoms with Crippen LogP contribution < -0.4 is 0 Å². The lowest BCUT2D eigenvalue weighted by atomic mass is 10.0. The van der Waals surface area contributed by atoms with Gasteiger partial charge in [-0.2, -0.15) is 0 Å². The minimum Gasteiger partial charge on any atom is -0.443 e. The zero-order chi connectivity index (χ0) is 19.2. The van der Waals surface area contributed by atoms with Crippen molar-refractivity contribution < 1.29 is 14.3 Å². The van der Waals surface area contributed by atoms with E-state index in [2.05, 4.69) is 6.58 Å². The molecule has 26 heavy (non-hydrogen) atoms. The minimum atomic E-state index is -0.688. The maximum Gasteiger partial charge on any atom is 0.417 e. The van der Waals surface area contributed by atoms with E-state index < -0.39 is 11.7 Å². The molecule has 4 heteroatoms. The van der Waals surface area contributed by atoms with Crippen molar-refractivity contribution in [2.45, 2.75) is 39.3 Å². The van der Waals surface area contributed by atoms with Gasteiger partial charge in [-0.05, 0) is 44.4 Å². The van der Waals surface area contributed by atoms with Crippen LogP contribution in [0, 0.1) is 0 Å². The fourth-order valence-electron chi connectivity index (χ4n) is 2.51. The maximum atomic E-state index is 13.2. The molecule has 4 nitrogen and oxygen atoms in total. The Bertz CT molecular complexity index is 775. The third-order valence-corrected chi connectivity index (χ3v) is 3.65. The molecule has 2 aromatic carbocycles. The predicted octanol–water partition coefficient (Wildman–Crippen LogP) is 4.99. The van der Waals surface area contributed by atoms with Gasteiger partial charge in [0, 0.05) is 5.56 Å². The second-order valence-corrected chi connectivity index (χ2v) is 7.01. The normalized spacial score (nSPS) is 10.9. The molecule has 2 rings (SSSR count). The number of carbonyl (C=O) groups is 2. The van der Waals surface area contributed by atoms with Gasteiger partial charge in [-0.15, -0.1) is 6.58 Å². The Morgan fingerprint density at radius 1 is 1.04 bits per heavy atom. The molecule has 0 fully saturated rings. The van der Waals surface area contributed by atoms with Crippen LogP contribution in [0.5, 0.6) is 0 Å². The zero-order valence-corrected chi connectivity index (χ0v) is 15.6. The van der Waals surface area contributed by atoms with Crippen LogP contribution in [-0.4, -0.2) is 22.5 Å². The van der Waals surface area contributed by atoms with Gasteiger partial charge in [0.2, 0.25) is 0 Å². The number of imide groups is 1. The molecule has 0 spiro atoms. The van der Waals surface area contributed by atoms with Crippen molar-refractivity contribution in [2.75, 3.05) is 0 Å². The van der Waals surface area contributed by atoms with E-state index in [9.17, 15) is 9.59 Å². The van der Waals surface area contributed by atoms with Gasteiger partial charge in [-0.25, -0.2) is 9.69 Å². The van der Waals surface area contributed by atoms with Crippen molar-refractivity contribution in [3.63, 3.8) is 0 Å². The number of rotatable bonds is 5. The molecule has 136 valence electrons. The Balaban J connectivity index is 2.37. The van der Waals surface area contributed by atoms with Gasteiger partial charge in [0.25, 0.3) is 5.91 Å². The lowest BCUT2D eigenvalue weighted by Crippen LogP contribution is -2.40. The van der Waals surface area contributed by atoms with Crippen LogP contribution in [0.15, 0.2) is 67.3 Å². The molecule has 0 heterocycles. The van der Waals surface area contributed by atoms with Crippen molar-refractivity contribution in [3.05, 3.63) is 83.9 Å². The third kappa shape index (κ3) is 5.31. The summed E-state index contributed by atoms with van der Waals surface area (Å²) >= 11 is 0. The van der Waals surface area contributed by atoms with Gasteiger partial charge in [0.15, 0.2) is 0 Å². The van der Waals surface area contributed by atoms with Crippen molar-refractivity contribution in [2.24, 2.45) is 0 Å². The number of amides is 2. The number of carbonyl (C=O) groups excluding carboxylic acids is 2. The number of ether oxygens (including phenoxy) is 1. The fraction of sp³-hybridized carbons (Fsp3) is 0.273. The van der Waals surface area contributed by atoms with Gasteiger partial charge < -0.3 is 4.74 Å². The summed E-state index contributed by atoms with van der Waals surface area (Å²) in [7, 11) is 0. The molecule has 0 aliphatic rings. The van der Waals surface area contributed by atoms with Crippen molar-refractivity contribution in [1.82, 2.24) is 4.90 Å². The molecule has 0 aromatic heterocycles. The highest BCUT2D eigenvalue weighted by atomic mass is 16.6. The first-order chi connectivity index (χ1) is 12.3. The van der Waals surface area contributed by atoms with Crippen molar-refractivity contribution >= 4 is 12.0 Å². The highest BCUT2D eigenvalue weighted by Gasteiger charge is 2.29. The minimum absolute atomic E-state index is 0.150. The number of allylic oxidation sites excluding steroid dienone is 1. The average molecular weight is 351 g/mol. The molecule has 2 aromatic rings. The monoisotopic (exact) mass is 351 g/mol. The van der Waals surface area contributed by atoms with E-state index in [1.165, 1.54) is 0 Å². The Morgan fingerprint density at radius 2 is 1.65 bits per heavy atom. The van der Waals surface area contributed by atoms with E-state index in [4.69, 9.17) is 4.74 Å². The van der Waals surface area contributed by atoms with Gasteiger partial charge >= 0.3 is 6.09 Å². The van der Waals surface area contributed by atoms with Crippen LogP contribution in [-0.2, 0) is 17.7 Å². The molecular weight excluding hydrogens is 326 g/mol. The summed E-state index contributed by atoms with van der Waals surface area (Å²) in [5, 5.41) is 0. The predicted molar refractivity (Wildman–Crippen MR) is 103 cm³/mol. The van der Waals surface area contributed by atoms with E-state index in [0.29, 0.717) is 12.0 Å². The van der Waals surface area contributed by atoms with Crippen LogP contribution in [0.2, 0.25) is 0 Å². The SMILES string of the molecule is C=CCc1ccccc1C(=O)N(Cc1ccccc1)C(=O)OC(C)(C)C. The Labute approximate surface area is 155 Å². The first-order valence-corrected chi connectivity index (χ1v) is 8.59.